The summed E-state index contributed by atoms with van der Waals surface area (Å²) in [6.45, 7) is 0.545. The molecule has 0 saturated carbocycles. The fraction of sp³-hybridized carbons (Fsp3) is 0.250. The van der Waals surface area contributed by atoms with E-state index in [1.165, 1.54) is 0 Å². The van der Waals surface area contributed by atoms with Crippen LogP contribution >= 0.6 is 47.8 Å². The van der Waals surface area contributed by atoms with Crippen LogP contribution in [0.2, 0.25) is 0 Å². The van der Waals surface area contributed by atoms with Gasteiger partial charge in [0.1, 0.15) is 6.10 Å². The highest BCUT2D eigenvalue weighted by molar-refractivity contribution is 9.10. The van der Waals surface area contributed by atoms with Crippen molar-refractivity contribution in [2.24, 2.45) is 0 Å². The van der Waals surface area contributed by atoms with Gasteiger partial charge in [-0.2, -0.15) is 0 Å². The van der Waals surface area contributed by atoms with Crippen LogP contribution in [0.5, 0.6) is 0 Å². The molecule has 2 atom stereocenters. The first-order valence-corrected chi connectivity index (χ1v) is 9.23. The Hall–Kier alpha value is -0.200. The van der Waals surface area contributed by atoms with E-state index in [-0.39, 0.29) is 6.10 Å². The third-order valence-corrected chi connectivity index (χ3v) is 5.30. The number of rotatable bonds is 3. The molecule has 1 aliphatic rings. The zero-order valence-corrected chi connectivity index (χ0v) is 15.8. The Bertz CT molecular complexity index is 612. The van der Waals surface area contributed by atoms with E-state index in [1.54, 1.807) is 0 Å². The summed E-state index contributed by atoms with van der Waals surface area (Å²) in [5, 5.41) is 0.592. The predicted molar refractivity (Wildman–Crippen MR) is 93.5 cm³/mol. The number of benzene rings is 2. The van der Waals surface area contributed by atoms with Gasteiger partial charge in [-0.1, -0.05) is 72.1 Å². The molecule has 0 aliphatic carbocycles. The van der Waals surface area contributed by atoms with Crippen molar-refractivity contribution in [3.8, 4) is 0 Å². The van der Waals surface area contributed by atoms with Crippen molar-refractivity contribution in [1.82, 2.24) is 0 Å². The third-order valence-electron chi connectivity index (χ3n) is 3.50. The van der Waals surface area contributed by atoms with Crippen molar-refractivity contribution < 1.29 is 9.47 Å². The van der Waals surface area contributed by atoms with Crippen molar-refractivity contribution >= 4 is 47.8 Å². The minimum absolute atomic E-state index is 0.0562. The molecular weight excluding hydrogens is 464 g/mol. The van der Waals surface area contributed by atoms with E-state index in [4.69, 9.17) is 9.47 Å². The number of hydrogen-bond donors (Lipinski definition) is 0. The standard InChI is InChI=1S/C16H13Br3O2/c17-10-16(12-3-7-14(19)8-4-12)20-9-15(21-16)11-1-5-13(18)6-2-11/h1-8,15H,9-10H2/t15-,16+/m1/s1. The van der Waals surface area contributed by atoms with E-state index in [1.807, 2.05) is 36.4 Å². The Labute approximate surface area is 149 Å². The zero-order chi connectivity index (χ0) is 14.9. The van der Waals surface area contributed by atoms with Gasteiger partial charge in [-0.05, 0) is 29.8 Å². The molecule has 0 aromatic heterocycles. The molecule has 0 bridgehead atoms. The van der Waals surface area contributed by atoms with Crippen molar-refractivity contribution in [1.29, 1.82) is 0 Å². The fourth-order valence-corrected chi connectivity index (χ4v) is 3.50. The molecule has 21 heavy (non-hydrogen) atoms. The summed E-state index contributed by atoms with van der Waals surface area (Å²) < 4.78 is 14.4. The van der Waals surface area contributed by atoms with Crippen LogP contribution in [0.1, 0.15) is 17.2 Å². The van der Waals surface area contributed by atoms with Gasteiger partial charge >= 0.3 is 0 Å². The first-order chi connectivity index (χ1) is 10.1. The second-order valence-corrected chi connectivity index (χ2v) is 7.25. The van der Waals surface area contributed by atoms with Crippen LogP contribution in [0, 0.1) is 0 Å². The number of ether oxygens (including phenoxy) is 2. The summed E-state index contributed by atoms with van der Waals surface area (Å²) in [4.78, 5) is 0. The maximum atomic E-state index is 6.25. The maximum absolute atomic E-state index is 6.25. The Morgan fingerprint density at radius 3 is 2.10 bits per heavy atom. The van der Waals surface area contributed by atoms with Gasteiger partial charge in [-0.3, -0.25) is 0 Å². The molecule has 1 fully saturated rings. The Morgan fingerprint density at radius 1 is 0.952 bits per heavy atom. The minimum Gasteiger partial charge on any atom is -0.342 e. The van der Waals surface area contributed by atoms with Crippen LogP contribution < -0.4 is 0 Å². The molecule has 1 saturated heterocycles. The molecule has 2 aromatic rings. The summed E-state index contributed by atoms with van der Waals surface area (Å²) >= 11 is 10.4. The van der Waals surface area contributed by atoms with Crippen LogP contribution in [0.25, 0.3) is 0 Å². The van der Waals surface area contributed by atoms with Gasteiger partial charge in [-0.25, -0.2) is 0 Å². The predicted octanol–water partition coefficient (Wildman–Crippen LogP) is 5.55. The monoisotopic (exact) mass is 474 g/mol. The topological polar surface area (TPSA) is 18.5 Å². The summed E-state index contributed by atoms with van der Waals surface area (Å²) in [6.07, 6.45) is -0.0562. The smallest absolute Gasteiger partial charge is 0.205 e. The lowest BCUT2D eigenvalue weighted by atomic mass is 10.1. The molecule has 1 heterocycles. The molecule has 0 radical (unpaired) electrons. The van der Waals surface area contributed by atoms with E-state index >= 15 is 0 Å². The van der Waals surface area contributed by atoms with Crippen molar-refractivity contribution in [3.63, 3.8) is 0 Å². The molecule has 0 unspecified atom stereocenters. The van der Waals surface area contributed by atoms with Crippen LogP contribution in [-0.2, 0) is 15.3 Å². The van der Waals surface area contributed by atoms with Crippen LogP contribution in [0.3, 0.4) is 0 Å². The Morgan fingerprint density at radius 2 is 1.52 bits per heavy atom. The normalized spacial score (nSPS) is 25.2. The average molecular weight is 477 g/mol. The van der Waals surface area contributed by atoms with Crippen LogP contribution in [0.4, 0.5) is 0 Å². The van der Waals surface area contributed by atoms with Gasteiger partial charge in [0.2, 0.25) is 5.79 Å². The minimum atomic E-state index is -0.724. The lowest BCUT2D eigenvalue weighted by Crippen LogP contribution is -2.29. The molecule has 110 valence electrons. The number of alkyl halides is 1. The zero-order valence-electron chi connectivity index (χ0n) is 11.1. The van der Waals surface area contributed by atoms with E-state index in [0.29, 0.717) is 11.9 Å². The van der Waals surface area contributed by atoms with Gasteiger partial charge in [0.25, 0.3) is 0 Å². The van der Waals surface area contributed by atoms with E-state index in [9.17, 15) is 0 Å². The lowest BCUT2D eigenvalue weighted by molar-refractivity contribution is -0.157. The number of halogens is 3. The molecule has 0 spiro atoms. The summed E-state index contributed by atoms with van der Waals surface area (Å²) in [5.74, 6) is -0.724. The van der Waals surface area contributed by atoms with Crippen molar-refractivity contribution in [2.45, 2.75) is 11.9 Å². The SMILES string of the molecule is BrC[C@]1(c2ccc(Br)cc2)OC[C@H](c2ccc(Br)cc2)O1. The van der Waals surface area contributed by atoms with E-state index in [0.717, 1.165) is 20.1 Å². The number of hydrogen-bond acceptors (Lipinski definition) is 2. The highest BCUT2D eigenvalue weighted by atomic mass is 79.9. The lowest BCUT2D eigenvalue weighted by Gasteiger charge is -2.26. The summed E-state index contributed by atoms with van der Waals surface area (Å²) in [5.41, 5.74) is 2.14. The van der Waals surface area contributed by atoms with Crippen LogP contribution in [-0.4, -0.2) is 11.9 Å². The molecule has 0 N–H and O–H groups in total. The maximum Gasteiger partial charge on any atom is 0.205 e. The molecule has 0 amide bonds. The van der Waals surface area contributed by atoms with Crippen molar-refractivity contribution in [2.75, 3.05) is 11.9 Å². The highest BCUT2D eigenvalue weighted by Crippen LogP contribution is 2.42. The highest BCUT2D eigenvalue weighted by Gasteiger charge is 2.42. The van der Waals surface area contributed by atoms with Gasteiger partial charge in [0.05, 0.1) is 11.9 Å². The molecule has 5 heteroatoms. The van der Waals surface area contributed by atoms with Gasteiger partial charge in [0.15, 0.2) is 0 Å². The van der Waals surface area contributed by atoms with E-state index < -0.39 is 5.79 Å². The molecule has 1 aliphatic heterocycles. The summed E-state index contributed by atoms with van der Waals surface area (Å²) in [6, 6.07) is 16.2. The molecule has 2 nitrogen and oxygen atoms in total. The fourth-order valence-electron chi connectivity index (χ4n) is 2.35. The quantitative estimate of drug-likeness (QED) is 0.541. The average Bonchev–Trinajstić information content (AvgIpc) is 2.94. The Balaban J connectivity index is 1.85. The van der Waals surface area contributed by atoms with Gasteiger partial charge in [0, 0.05) is 14.5 Å². The van der Waals surface area contributed by atoms with E-state index in [2.05, 4.69) is 59.9 Å². The molecule has 2 aromatic carbocycles. The van der Waals surface area contributed by atoms with Gasteiger partial charge < -0.3 is 9.47 Å². The first kappa shape index (κ1) is 15.7. The second kappa shape index (κ2) is 6.50. The third kappa shape index (κ3) is 3.27. The second-order valence-electron chi connectivity index (χ2n) is 4.86. The van der Waals surface area contributed by atoms with Crippen molar-refractivity contribution in [3.05, 3.63) is 68.6 Å². The Kier molecular flexibility index (Phi) is 4.86. The first-order valence-electron chi connectivity index (χ1n) is 6.52. The molecule has 3 rings (SSSR count). The molecular formula is C16H13Br3O2. The van der Waals surface area contributed by atoms with Crippen LogP contribution in [0.15, 0.2) is 57.5 Å². The summed E-state index contributed by atoms with van der Waals surface area (Å²) in [7, 11) is 0. The largest absolute Gasteiger partial charge is 0.342 e. The van der Waals surface area contributed by atoms with Gasteiger partial charge in [-0.15, -0.1) is 0 Å².